The van der Waals surface area contributed by atoms with Crippen LogP contribution in [0.4, 0.5) is 0 Å². The molecule has 1 N–H and O–H groups in total. The van der Waals surface area contributed by atoms with E-state index >= 15 is 0 Å². The number of aromatic amines is 1. The number of hydrogen-bond acceptors (Lipinski definition) is 3. The predicted octanol–water partition coefficient (Wildman–Crippen LogP) is 6.94. The number of allylic oxidation sites excluding steroid dienone is 2. The summed E-state index contributed by atoms with van der Waals surface area (Å²) in [6, 6.07) is 9.30. The predicted molar refractivity (Wildman–Crippen MR) is 148 cm³/mol. The van der Waals surface area contributed by atoms with E-state index in [0.717, 1.165) is 48.8 Å². The van der Waals surface area contributed by atoms with Gasteiger partial charge in [-0.2, -0.15) is 0 Å². The van der Waals surface area contributed by atoms with E-state index in [1.54, 1.807) is 0 Å². The van der Waals surface area contributed by atoms with E-state index in [1.165, 1.54) is 43.4 Å². The average molecular weight is 466 g/mol. The van der Waals surface area contributed by atoms with E-state index in [-0.39, 0.29) is 13.8 Å². The van der Waals surface area contributed by atoms with Crippen molar-refractivity contribution < 1.29 is 2.85 Å². The Balaban J connectivity index is 0.00000228. The zero-order valence-corrected chi connectivity index (χ0v) is 21.7. The minimum atomic E-state index is 0. The lowest BCUT2D eigenvalue weighted by molar-refractivity contribution is 0.0621. The van der Waals surface area contributed by atoms with E-state index in [4.69, 9.17) is 0 Å². The van der Waals surface area contributed by atoms with Crippen molar-refractivity contribution in [3.63, 3.8) is 0 Å². The Bertz CT molecular complexity index is 1090. The lowest BCUT2D eigenvalue weighted by Crippen LogP contribution is -2.45. The van der Waals surface area contributed by atoms with Crippen LogP contribution in [0.3, 0.4) is 0 Å². The highest BCUT2D eigenvalue weighted by Crippen LogP contribution is 2.46. The Hall–Kier alpha value is -2.33. The molecule has 0 radical (unpaired) electrons. The Morgan fingerprint density at radius 3 is 2.53 bits per heavy atom. The molecule has 2 aliphatic rings. The minimum absolute atomic E-state index is 0. The highest BCUT2D eigenvalue weighted by Gasteiger charge is 2.40. The molecule has 4 heteroatoms. The second-order valence-electron chi connectivity index (χ2n) is 10.6. The zero-order chi connectivity index (χ0) is 24.3. The van der Waals surface area contributed by atoms with Gasteiger partial charge in [0.1, 0.15) is 0 Å². The molecule has 1 unspecified atom stereocenters. The number of rotatable bonds is 7. The van der Waals surface area contributed by atoms with Crippen molar-refractivity contribution in [3.05, 3.63) is 70.2 Å². The first-order valence-corrected chi connectivity index (χ1v) is 13.3. The summed E-state index contributed by atoms with van der Waals surface area (Å²) in [6.45, 7) is 10.6. The number of fused-ring (bicyclic) bond motifs is 1. The standard InChI is InChI=1S/C30H43N3O.2H2/c1-6-22-20-25-21-24(14-15-26(25)31-29(22)34)28(23-12-10-9-11-13-23)33-18-16-30(8-3,17-19-33)27(7-2)32(4)5;;/h7-8,14-15,20-21,23,28H,3,6,9-13,16-19H2,1-2,4-5H3,(H,31,34);2*1H/b27-7-;;. The van der Waals surface area contributed by atoms with Crippen LogP contribution in [0.5, 0.6) is 0 Å². The molecule has 1 saturated carbocycles. The van der Waals surface area contributed by atoms with Gasteiger partial charge in [-0.3, -0.25) is 9.69 Å². The van der Waals surface area contributed by atoms with Crippen molar-refractivity contribution in [2.45, 2.75) is 71.3 Å². The normalized spacial score (nSPS) is 20.9. The summed E-state index contributed by atoms with van der Waals surface area (Å²) in [6.07, 6.45) is 14.1. The van der Waals surface area contributed by atoms with Gasteiger partial charge >= 0.3 is 0 Å². The molecule has 2 heterocycles. The molecule has 1 aliphatic carbocycles. The van der Waals surface area contributed by atoms with Gasteiger partial charge in [0.2, 0.25) is 0 Å². The fourth-order valence-corrected chi connectivity index (χ4v) is 6.70. The maximum absolute atomic E-state index is 12.3. The van der Waals surface area contributed by atoms with Gasteiger partial charge in [0, 0.05) is 45.2 Å². The van der Waals surface area contributed by atoms with Crippen LogP contribution in [0.1, 0.15) is 78.8 Å². The number of aromatic nitrogens is 1. The monoisotopic (exact) mass is 465 g/mol. The average Bonchev–Trinajstić information content (AvgIpc) is 2.85. The van der Waals surface area contributed by atoms with Crippen LogP contribution in [-0.2, 0) is 6.42 Å². The van der Waals surface area contributed by atoms with E-state index in [2.05, 4.69) is 85.7 Å². The second kappa shape index (κ2) is 10.5. The topological polar surface area (TPSA) is 39.3 Å². The van der Waals surface area contributed by atoms with Crippen molar-refractivity contribution in [1.82, 2.24) is 14.8 Å². The van der Waals surface area contributed by atoms with Crippen molar-refractivity contribution in [3.8, 4) is 0 Å². The zero-order valence-electron chi connectivity index (χ0n) is 21.7. The molecule has 1 saturated heterocycles. The molecule has 2 aromatic rings. The van der Waals surface area contributed by atoms with Gasteiger partial charge < -0.3 is 9.88 Å². The summed E-state index contributed by atoms with van der Waals surface area (Å²) in [5.74, 6) is 0.700. The Morgan fingerprint density at radius 2 is 1.94 bits per heavy atom. The molecule has 4 rings (SSSR count). The van der Waals surface area contributed by atoms with Crippen LogP contribution in [0.25, 0.3) is 10.9 Å². The maximum Gasteiger partial charge on any atom is 0.251 e. The Morgan fingerprint density at radius 1 is 1.24 bits per heavy atom. The Kier molecular flexibility index (Phi) is 7.67. The third-order valence-corrected chi connectivity index (χ3v) is 8.50. The lowest BCUT2D eigenvalue weighted by atomic mass is 9.73. The molecule has 34 heavy (non-hydrogen) atoms. The molecule has 0 amide bonds. The number of benzene rings is 1. The number of piperidine rings is 1. The summed E-state index contributed by atoms with van der Waals surface area (Å²) in [5.41, 5.74) is 4.72. The summed E-state index contributed by atoms with van der Waals surface area (Å²) in [4.78, 5) is 20.4. The van der Waals surface area contributed by atoms with Crippen molar-refractivity contribution in [2.75, 3.05) is 27.2 Å². The molecular weight excluding hydrogens is 418 g/mol. The summed E-state index contributed by atoms with van der Waals surface area (Å²) in [7, 11) is 4.31. The molecule has 188 valence electrons. The van der Waals surface area contributed by atoms with Crippen LogP contribution >= 0.6 is 0 Å². The fraction of sp³-hybridized carbons (Fsp3) is 0.567. The van der Waals surface area contributed by atoms with Gasteiger partial charge in [0.05, 0.1) is 0 Å². The van der Waals surface area contributed by atoms with Gasteiger partial charge in [-0.25, -0.2) is 0 Å². The SMILES string of the molecule is C=CC1(/C(=C/C)N(C)C)CCN(C(c2ccc3[nH]c(=O)c(CC)cc3c2)C2CCCCC2)CC1.[HH].[HH]. The number of nitrogens with zero attached hydrogens (tertiary/aromatic N) is 2. The van der Waals surface area contributed by atoms with Crippen molar-refractivity contribution in [2.24, 2.45) is 11.3 Å². The first kappa shape index (κ1) is 24.8. The highest BCUT2D eigenvalue weighted by atomic mass is 16.1. The quantitative estimate of drug-likeness (QED) is 0.450. The van der Waals surface area contributed by atoms with Crippen LogP contribution in [-0.4, -0.2) is 42.0 Å². The number of pyridine rings is 1. The van der Waals surface area contributed by atoms with Gasteiger partial charge in [-0.15, -0.1) is 6.58 Å². The van der Waals surface area contributed by atoms with Crippen molar-refractivity contribution >= 4 is 10.9 Å². The Labute approximate surface area is 208 Å². The first-order chi connectivity index (χ1) is 16.4. The van der Waals surface area contributed by atoms with Crippen LogP contribution in [0.2, 0.25) is 0 Å². The molecule has 1 aromatic heterocycles. The smallest absolute Gasteiger partial charge is 0.251 e. The molecule has 0 bridgehead atoms. The highest BCUT2D eigenvalue weighted by molar-refractivity contribution is 5.79. The maximum atomic E-state index is 12.3. The molecule has 1 aromatic carbocycles. The first-order valence-electron chi connectivity index (χ1n) is 13.3. The summed E-state index contributed by atoms with van der Waals surface area (Å²) in [5, 5.41) is 1.16. The van der Waals surface area contributed by atoms with Gasteiger partial charge in [0.25, 0.3) is 5.56 Å². The van der Waals surface area contributed by atoms with E-state index in [9.17, 15) is 4.79 Å². The number of hydrogen-bond donors (Lipinski definition) is 1. The molecule has 0 spiro atoms. The molecule has 1 aliphatic heterocycles. The number of likely N-dealkylation sites (tertiary alicyclic amines) is 1. The van der Waals surface area contributed by atoms with E-state index in [1.807, 2.05) is 0 Å². The van der Waals surface area contributed by atoms with Crippen LogP contribution in [0.15, 0.2) is 53.5 Å². The van der Waals surface area contributed by atoms with Crippen molar-refractivity contribution in [1.29, 1.82) is 0 Å². The molecule has 4 nitrogen and oxygen atoms in total. The van der Waals surface area contributed by atoms with E-state index in [0.29, 0.717) is 12.0 Å². The van der Waals surface area contributed by atoms with Crippen LogP contribution in [0, 0.1) is 11.3 Å². The van der Waals surface area contributed by atoms with Gasteiger partial charge in [-0.1, -0.05) is 44.4 Å². The molecule has 1 atom stereocenters. The van der Waals surface area contributed by atoms with Gasteiger partial charge in [0.15, 0.2) is 0 Å². The van der Waals surface area contributed by atoms with E-state index < -0.39 is 0 Å². The third-order valence-electron chi connectivity index (χ3n) is 8.50. The largest absolute Gasteiger partial charge is 0.381 e. The number of H-pyrrole nitrogens is 1. The fourth-order valence-electron chi connectivity index (χ4n) is 6.70. The molecular formula is C30H47N3O. The third kappa shape index (κ3) is 4.75. The summed E-state index contributed by atoms with van der Waals surface area (Å²) >= 11 is 0. The number of aryl methyl sites for hydroxylation is 1. The van der Waals surface area contributed by atoms with Gasteiger partial charge in [-0.05, 0) is 87.2 Å². The lowest BCUT2D eigenvalue weighted by Gasteiger charge is -2.48. The van der Waals surface area contributed by atoms with Crippen LogP contribution < -0.4 is 5.56 Å². The molecule has 2 fully saturated rings. The summed E-state index contributed by atoms with van der Waals surface area (Å²) < 4.78 is 0. The minimum Gasteiger partial charge on any atom is -0.381 e. The number of nitrogens with one attached hydrogen (secondary N) is 1. The second-order valence-corrected chi connectivity index (χ2v) is 10.6.